The second kappa shape index (κ2) is 9.87. The summed E-state index contributed by atoms with van der Waals surface area (Å²) in [5.74, 6) is 0.948. The number of carbonyl (C=O) groups excluding carboxylic acids is 1. The Balaban J connectivity index is 1.30. The number of rotatable bonds is 7. The van der Waals surface area contributed by atoms with E-state index in [0.29, 0.717) is 31.0 Å². The SMILES string of the molecule is C[C@@H]1C[C@@H](O)c2ncnc(N3CCN(C(CC(C=O)c4ccc(Cl)cc4)N4CC(O)C4)CC3)c21. The smallest absolute Gasteiger partial charge is 0.135 e. The van der Waals surface area contributed by atoms with Crippen LogP contribution >= 0.6 is 11.6 Å². The van der Waals surface area contributed by atoms with Crippen LogP contribution in [0.15, 0.2) is 30.6 Å². The summed E-state index contributed by atoms with van der Waals surface area (Å²) >= 11 is 6.04. The summed E-state index contributed by atoms with van der Waals surface area (Å²) < 4.78 is 0. The van der Waals surface area contributed by atoms with Gasteiger partial charge < -0.3 is 19.9 Å². The lowest BCUT2D eigenvalue weighted by atomic mass is 9.93. The van der Waals surface area contributed by atoms with Crippen LogP contribution in [0.25, 0.3) is 0 Å². The largest absolute Gasteiger partial charge is 0.390 e. The Bertz CT molecular complexity index is 1010. The molecule has 2 fully saturated rings. The molecule has 1 aromatic carbocycles. The van der Waals surface area contributed by atoms with Gasteiger partial charge in [0.2, 0.25) is 0 Å². The molecule has 5 rings (SSSR count). The molecule has 4 atom stereocenters. The van der Waals surface area contributed by atoms with Crippen molar-refractivity contribution in [1.29, 1.82) is 0 Å². The lowest BCUT2D eigenvalue weighted by molar-refractivity contribution is -0.112. The predicted molar refractivity (Wildman–Crippen MR) is 130 cm³/mol. The van der Waals surface area contributed by atoms with Crippen LogP contribution in [-0.2, 0) is 4.79 Å². The molecule has 3 aliphatic rings. The third-order valence-corrected chi connectivity index (χ3v) is 7.81. The second-order valence-electron chi connectivity index (χ2n) is 9.79. The molecule has 0 amide bonds. The summed E-state index contributed by atoms with van der Waals surface area (Å²) in [5, 5.41) is 20.9. The highest BCUT2D eigenvalue weighted by Gasteiger charge is 2.38. The normalized spacial score (nSPS) is 25.6. The van der Waals surface area contributed by atoms with E-state index in [9.17, 15) is 15.0 Å². The van der Waals surface area contributed by atoms with E-state index in [4.69, 9.17) is 11.6 Å². The molecule has 3 heterocycles. The summed E-state index contributed by atoms with van der Waals surface area (Å²) in [6, 6.07) is 7.50. The molecule has 2 N–H and O–H groups in total. The third-order valence-electron chi connectivity index (χ3n) is 7.55. The maximum Gasteiger partial charge on any atom is 0.135 e. The number of piperazine rings is 1. The van der Waals surface area contributed by atoms with E-state index in [1.54, 1.807) is 6.33 Å². The number of fused-ring (bicyclic) bond motifs is 1. The van der Waals surface area contributed by atoms with E-state index >= 15 is 0 Å². The first-order valence-corrected chi connectivity index (χ1v) is 12.5. The number of aromatic nitrogens is 2. The predicted octanol–water partition coefficient (Wildman–Crippen LogP) is 2.17. The fraction of sp³-hybridized carbons (Fsp3) is 0.560. The minimum absolute atomic E-state index is 0.0771. The van der Waals surface area contributed by atoms with Gasteiger partial charge in [0, 0.05) is 55.8 Å². The zero-order chi connectivity index (χ0) is 23.8. The standard InChI is InChI=1S/C25H32ClN5O3/c1-16-10-21(34)24-23(16)25(28-15-27-24)30-8-6-29(7-9-30)22(31-12-20(33)13-31)11-18(14-32)17-2-4-19(26)5-3-17/h2-5,14-16,18,20-22,33-34H,6-13H2,1H3/t16-,18?,21-,22?/m1/s1. The summed E-state index contributed by atoms with van der Waals surface area (Å²) in [5.41, 5.74) is 2.81. The molecule has 182 valence electrons. The fourth-order valence-electron chi connectivity index (χ4n) is 5.65. The van der Waals surface area contributed by atoms with E-state index in [0.717, 1.165) is 55.1 Å². The molecule has 2 aromatic rings. The van der Waals surface area contributed by atoms with Crippen molar-refractivity contribution in [1.82, 2.24) is 19.8 Å². The van der Waals surface area contributed by atoms with Crippen molar-refractivity contribution >= 4 is 23.7 Å². The van der Waals surface area contributed by atoms with Gasteiger partial charge in [-0.05, 0) is 36.5 Å². The van der Waals surface area contributed by atoms with Gasteiger partial charge >= 0.3 is 0 Å². The van der Waals surface area contributed by atoms with Crippen molar-refractivity contribution in [2.45, 2.75) is 50.0 Å². The van der Waals surface area contributed by atoms with Crippen LogP contribution in [0.2, 0.25) is 5.02 Å². The van der Waals surface area contributed by atoms with Crippen LogP contribution < -0.4 is 4.90 Å². The van der Waals surface area contributed by atoms with Gasteiger partial charge in [0.25, 0.3) is 0 Å². The Morgan fingerprint density at radius 3 is 2.44 bits per heavy atom. The van der Waals surface area contributed by atoms with Crippen LogP contribution in [0, 0.1) is 0 Å². The van der Waals surface area contributed by atoms with E-state index in [1.165, 1.54) is 0 Å². The highest BCUT2D eigenvalue weighted by Crippen LogP contribution is 2.43. The van der Waals surface area contributed by atoms with Crippen molar-refractivity contribution in [3.8, 4) is 0 Å². The van der Waals surface area contributed by atoms with Gasteiger partial charge in [-0.1, -0.05) is 30.7 Å². The van der Waals surface area contributed by atoms with E-state index in [-0.39, 0.29) is 24.1 Å². The monoisotopic (exact) mass is 485 g/mol. The van der Waals surface area contributed by atoms with Crippen LogP contribution in [-0.4, -0.2) is 87.8 Å². The molecular weight excluding hydrogens is 454 g/mol. The first-order valence-electron chi connectivity index (χ1n) is 12.1. The average molecular weight is 486 g/mol. The number of carbonyl (C=O) groups is 1. The number of halogens is 1. The molecule has 0 bridgehead atoms. The van der Waals surface area contributed by atoms with Gasteiger partial charge in [-0.3, -0.25) is 9.80 Å². The van der Waals surface area contributed by atoms with Gasteiger partial charge in [0.1, 0.15) is 18.4 Å². The number of benzene rings is 1. The highest BCUT2D eigenvalue weighted by molar-refractivity contribution is 6.30. The van der Waals surface area contributed by atoms with E-state index in [1.807, 2.05) is 24.3 Å². The molecule has 0 radical (unpaired) electrons. The Hall–Kier alpha value is -2.10. The number of aldehydes is 1. The number of aliphatic hydroxyl groups excluding tert-OH is 2. The van der Waals surface area contributed by atoms with Gasteiger partial charge in [0.15, 0.2) is 0 Å². The highest BCUT2D eigenvalue weighted by atomic mass is 35.5. The molecule has 1 aliphatic carbocycles. The quantitative estimate of drug-likeness (QED) is 0.576. The van der Waals surface area contributed by atoms with Gasteiger partial charge in [-0.15, -0.1) is 0 Å². The Labute approximate surface area is 205 Å². The van der Waals surface area contributed by atoms with Crippen molar-refractivity contribution in [3.05, 3.63) is 52.4 Å². The van der Waals surface area contributed by atoms with Crippen molar-refractivity contribution in [3.63, 3.8) is 0 Å². The third kappa shape index (κ3) is 4.57. The summed E-state index contributed by atoms with van der Waals surface area (Å²) in [6.45, 7) is 6.67. The number of aliphatic hydroxyl groups is 2. The second-order valence-corrected chi connectivity index (χ2v) is 10.2. The van der Waals surface area contributed by atoms with Crippen LogP contribution in [0.1, 0.15) is 54.5 Å². The van der Waals surface area contributed by atoms with Crippen molar-refractivity contribution < 1.29 is 15.0 Å². The molecule has 2 saturated heterocycles. The molecular formula is C25H32ClN5O3. The van der Waals surface area contributed by atoms with Crippen molar-refractivity contribution in [2.24, 2.45) is 0 Å². The summed E-state index contributed by atoms with van der Waals surface area (Å²) in [7, 11) is 0. The molecule has 34 heavy (non-hydrogen) atoms. The Morgan fingerprint density at radius 1 is 1.09 bits per heavy atom. The topological polar surface area (TPSA) is 93.0 Å². The maximum absolute atomic E-state index is 12.0. The molecule has 0 saturated carbocycles. The van der Waals surface area contributed by atoms with Crippen LogP contribution in [0.3, 0.4) is 0 Å². The molecule has 2 unspecified atom stereocenters. The number of hydrogen-bond donors (Lipinski definition) is 2. The molecule has 0 spiro atoms. The zero-order valence-corrected chi connectivity index (χ0v) is 20.2. The molecule has 9 heteroatoms. The number of anilines is 1. The summed E-state index contributed by atoms with van der Waals surface area (Å²) in [6.07, 6.45) is 3.22. The van der Waals surface area contributed by atoms with Crippen molar-refractivity contribution in [2.75, 3.05) is 44.2 Å². The average Bonchev–Trinajstić information content (AvgIpc) is 3.13. The lowest BCUT2D eigenvalue weighted by Gasteiger charge is -2.49. The minimum Gasteiger partial charge on any atom is -0.390 e. The van der Waals surface area contributed by atoms with Gasteiger partial charge in [0.05, 0.1) is 24.1 Å². The first kappa shape index (κ1) is 23.6. The van der Waals surface area contributed by atoms with Crippen LogP contribution in [0.5, 0.6) is 0 Å². The van der Waals surface area contributed by atoms with Gasteiger partial charge in [-0.2, -0.15) is 0 Å². The lowest BCUT2D eigenvalue weighted by Crippen LogP contribution is -2.63. The zero-order valence-electron chi connectivity index (χ0n) is 19.4. The number of hydrogen-bond acceptors (Lipinski definition) is 8. The first-order chi connectivity index (χ1) is 16.4. The molecule has 2 aliphatic heterocycles. The van der Waals surface area contributed by atoms with E-state index < -0.39 is 6.10 Å². The minimum atomic E-state index is -0.511. The number of β-amino-alcohol motifs (C(OH)–C–C–N with tert-alkyl or cyclic N) is 1. The fourth-order valence-corrected chi connectivity index (χ4v) is 5.78. The summed E-state index contributed by atoms with van der Waals surface area (Å²) in [4.78, 5) is 28.0. The molecule has 8 nitrogen and oxygen atoms in total. The maximum atomic E-state index is 12.0. The Kier molecular flexibility index (Phi) is 6.86. The Morgan fingerprint density at radius 2 is 1.79 bits per heavy atom. The van der Waals surface area contributed by atoms with E-state index in [2.05, 4.69) is 31.6 Å². The van der Waals surface area contributed by atoms with Gasteiger partial charge in [-0.25, -0.2) is 9.97 Å². The molecule has 1 aromatic heterocycles. The van der Waals surface area contributed by atoms with Crippen LogP contribution in [0.4, 0.5) is 5.82 Å². The number of likely N-dealkylation sites (tertiary alicyclic amines) is 1. The number of nitrogens with zero attached hydrogens (tertiary/aromatic N) is 5.